The topological polar surface area (TPSA) is 0 Å². The van der Waals surface area contributed by atoms with Crippen LogP contribution >= 0.6 is 11.8 Å². The van der Waals surface area contributed by atoms with Crippen LogP contribution in [0, 0.1) is 17.3 Å². The molecule has 0 N–H and O–H groups in total. The van der Waals surface area contributed by atoms with E-state index in [9.17, 15) is 0 Å². The minimum Gasteiger partial charge on any atom is -0.155 e. The molecule has 1 heteroatoms. The zero-order valence-corrected chi connectivity index (χ0v) is 15.9. The van der Waals surface area contributed by atoms with Gasteiger partial charge in [0, 0.05) is 10.5 Å². The summed E-state index contributed by atoms with van der Waals surface area (Å²) >= 11 is 2.39. The van der Waals surface area contributed by atoms with Crippen molar-refractivity contribution >= 4 is 11.8 Å². The van der Waals surface area contributed by atoms with Gasteiger partial charge in [0.25, 0.3) is 0 Å². The van der Waals surface area contributed by atoms with Gasteiger partial charge < -0.3 is 0 Å². The van der Waals surface area contributed by atoms with Crippen molar-refractivity contribution in [3.63, 3.8) is 0 Å². The number of hydrogen-bond donors (Lipinski definition) is 0. The highest BCUT2D eigenvalue weighted by molar-refractivity contribution is 8.00. The van der Waals surface area contributed by atoms with Crippen LogP contribution in [0.1, 0.15) is 104 Å². The molecule has 3 rings (SSSR count). The van der Waals surface area contributed by atoms with E-state index >= 15 is 0 Å². The lowest BCUT2D eigenvalue weighted by atomic mass is 9.61. The van der Waals surface area contributed by atoms with Crippen LogP contribution < -0.4 is 0 Å². The molecule has 0 aliphatic heterocycles. The van der Waals surface area contributed by atoms with Gasteiger partial charge in [0.05, 0.1) is 0 Å². The van der Waals surface area contributed by atoms with Crippen LogP contribution in [0.4, 0.5) is 0 Å². The second kappa shape index (κ2) is 7.95. The molecule has 0 radical (unpaired) electrons. The summed E-state index contributed by atoms with van der Waals surface area (Å²) < 4.78 is 0. The van der Waals surface area contributed by atoms with E-state index in [2.05, 4.69) is 25.6 Å². The second-order valence-electron chi connectivity index (χ2n) is 9.03. The van der Waals surface area contributed by atoms with E-state index in [0.29, 0.717) is 5.41 Å². The Kier molecular flexibility index (Phi) is 6.21. The van der Waals surface area contributed by atoms with Crippen molar-refractivity contribution in [3.8, 4) is 0 Å². The van der Waals surface area contributed by atoms with E-state index in [1.807, 2.05) is 0 Å². The Labute approximate surface area is 143 Å². The molecule has 0 atom stereocenters. The lowest BCUT2D eigenvalue weighted by Gasteiger charge is -2.46. The third-order valence-corrected chi connectivity index (χ3v) is 9.03. The molecule has 0 spiro atoms. The molecule has 3 saturated carbocycles. The highest BCUT2D eigenvalue weighted by atomic mass is 32.2. The first-order valence-corrected chi connectivity index (χ1v) is 11.3. The maximum Gasteiger partial charge on any atom is 0.00500 e. The predicted molar refractivity (Wildman–Crippen MR) is 101 cm³/mol. The van der Waals surface area contributed by atoms with Gasteiger partial charge in [0.1, 0.15) is 0 Å². The molecule has 0 saturated heterocycles. The van der Waals surface area contributed by atoms with Crippen molar-refractivity contribution in [2.24, 2.45) is 17.3 Å². The second-order valence-corrected chi connectivity index (χ2v) is 10.6. The minimum atomic E-state index is 0.612. The molecule has 0 aromatic carbocycles. The van der Waals surface area contributed by atoms with Gasteiger partial charge in [-0.2, -0.15) is 11.8 Å². The van der Waals surface area contributed by atoms with Crippen LogP contribution in [0.25, 0.3) is 0 Å². The Hall–Kier alpha value is 0.350. The van der Waals surface area contributed by atoms with E-state index in [1.165, 1.54) is 89.9 Å². The fraction of sp³-hybridized carbons (Fsp3) is 1.00. The lowest BCUT2D eigenvalue weighted by molar-refractivity contribution is 0.0597. The molecule has 0 aromatic rings. The molecule has 3 aliphatic carbocycles. The van der Waals surface area contributed by atoms with Crippen molar-refractivity contribution < 1.29 is 0 Å². The summed E-state index contributed by atoms with van der Waals surface area (Å²) in [6.45, 7) is 5.23. The van der Waals surface area contributed by atoms with Gasteiger partial charge >= 0.3 is 0 Å². The molecular formula is C21H38S. The monoisotopic (exact) mass is 322 g/mol. The van der Waals surface area contributed by atoms with Gasteiger partial charge in [0.2, 0.25) is 0 Å². The summed E-state index contributed by atoms with van der Waals surface area (Å²) in [4.78, 5) is 0. The quantitative estimate of drug-likeness (QED) is 0.526. The van der Waals surface area contributed by atoms with Crippen molar-refractivity contribution in [2.75, 3.05) is 0 Å². The summed E-state index contributed by atoms with van der Waals surface area (Å²) in [5.74, 6) is 2.03. The average Bonchev–Trinajstić information content (AvgIpc) is 2.57. The highest BCUT2D eigenvalue weighted by Gasteiger charge is 2.39. The van der Waals surface area contributed by atoms with Crippen LogP contribution in [0.3, 0.4) is 0 Å². The number of rotatable bonds is 4. The fourth-order valence-electron chi connectivity index (χ4n) is 5.60. The van der Waals surface area contributed by atoms with Crippen LogP contribution in [-0.2, 0) is 0 Å². The summed E-state index contributed by atoms with van der Waals surface area (Å²) in [6, 6.07) is 0. The molecule has 128 valence electrons. The Morgan fingerprint density at radius 2 is 1.00 bits per heavy atom. The first-order valence-electron chi connectivity index (χ1n) is 10.3. The standard InChI is InChI=1S/C21H38S/c1-21(2,17-9-5-3-6-10-17)18-13-15-20(16-14-18)22-19-11-7-4-8-12-19/h17-20H,3-16H2,1-2H3. The van der Waals surface area contributed by atoms with E-state index in [1.54, 1.807) is 0 Å². The van der Waals surface area contributed by atoms with Crippen LogP contribution in [-0.4, -0.2) is 10.5 Å². The van der Waals surface area contributed by atoms with E-state index in [-0.39, 0.29) is 0 Å². The Morgan fingerprint density at radius 1 is 0.545 bits per heavy atom. The van der Waals surface area contributed by atoms with Gasteiger partial charge in [-0.1, -0.05) is 52.4 Å². The third kappa shape index (κ3) is 4.25. The van der Waals surface area contributed by atoms with Crippen LogP contribution in [0.2, 0.25) is 0 Å². The smallest absolute Gasteiger partial charge is 0.00500 e. The molecular weight excluding hydrogens is 284 g/mol. The fourth-order valence-corrected chi connectivity index (χ4v) is 7.29. The molecule has 0 aromatic heterocycles. The summed E-state index contributed by atoms with van der Waals surface area (Å²) in [5.41, 5.74) is 0.612. The maximum absolute atomic E-state index is 2.61. The summed E-state index contributed by atoms with van der Waals surface area (Å²) in [7, 11) is 0. The van der Waals surface area contributed by atoms with Crippen molar-refractivity contribution in [1.29, 1.82) is 0 Å². The number of thioether (sulfide) groups is 1. The number of hydrogen-bond acceptors (Lipinski definition) is 1. The van der Waals surface area contributed by atoms with E-state index in [0.717, 1.165) is 22.3 Å². The first kappa shape index (κ1) is 17.2. The zero-order chi connectivity index (χ0) is 15.4. The molecule has 0 unspecified atom stereocenters. The third-order valence-electron chi connectivity index (χ3n) is 7.32. The van der Waals surface area contributed by atoms with E-state index < -0.39 is 0 Å². The Bertz CT molecular complexity index is 315. The molecule has 0 heterocycles. The molecule has 0 amide bonds. The SMILES string of the molecule is CC(C)(C1CCCCC1)C1CCC(SC2CCCCC2)CC1. The summed E-state index contributed by atoms with van der Waals surface area (Å²) in [6.07, 6.45) is 21.1. The minimum absolute atomic E-state index is 0.612. The molecule has 0 bridgehead atoms. The Morgan fingerprint density at radius 3 is 1.59 bits per heavy atom. The van der Waals surface area contributed by atoms with Gasteiger partial charge in [-0.25, -0.2) is 0 Å². The normalized spacial score (nSPS) is 33.0. The maximum atomic E-state index is 2.61. The van der Waals surface area contributed by atoms with Gasteiger partial charge in [0.15, 0.2) is 0 Å². The van der Waals surface area contributed by atoms with Crippen LogP contribution in [0.5, 0.6) is 0 Å². The van der Waals surface area contributed by atoms with Crippen molar-refractivity contribution in [2.45, 2.75) is 114 Å². The summed E-state index contributed by atoms with van der Waals surface area (Å²) in [5, 5.41) is 2.02. The largest absolute Gasteiger partial charge is 0.155 e. The van der Waals surface area contributed by atoms with Crippen molar-refractivity contribution in [1.82, 2.24) is 0 Å². The average molecular weight is 323 g/mol. The van der Waals surface area contributed by atoms with Crippen molar-refractivity contribution in [3.05, 3.63) is 0 Å². The highest BCUT2D eigenvalue weighted by Crippen LogP contribution is 2.50. The molecule has 22 heavy (non-hydrogen) atoms. The van der Waals surface area contributed by atoms with Gasteiger partial charge in [-0.05, 0) is 68.6 Å². The molecule has 0 nitrogen and oxygen atoms in total. The lowest BCUT2D eigenvalue weighted by Crippen LogP contribution is -2.36. The first-order chi connectivity index (χ1) is 10.7. The predicted octanol–water partition coefficient (Wildman–Crippen LogP) is 7.22. The Balaban J connectivity index is 1.45. The molecule has 3 aliphatic rings. The van der Waals surface area contributed by atoms with E-state index in [4.69, 9.17) is 0 Å². The van der Waals surface area contributed by atoms with Gasteiger partial charge in [-0.15, -0.1) is 0 Å². The van der Waals surface area contributed by atoms with Gasteiger partial charge in [-0.3, -0.25) is 0 Å². The molecule has 3 fully saturated rings. The zero-order valence-electron chi connectivity index (χ0n) is 15.1. The van der Waals surface area contributed by atoms with Crippen LogP contribution in [0.15, 0.2) is 0 Å².